The summed E-state index contributed by atoms with van der Waals surface area (Å²) in [6.45, 7) is 4.62. The van der Waals surface area contributed by atoms with E-state index in [9.17, 15) is 9.59 Å². The van der Waals surface area contributed by atoms with E-state index >= 15 is 0 Å². The number of rotatable bonds is 4. The minimum atomic E-state index is 0.0742. The number of hydrogen-bond donors (Lipinski definition) is 3. The molecule has 2 saturated carbocycles. The van der Waals surface area contributed by atoms with Crippen LogP contribution in [-0.2, 0) is 9.59 Å². The Morgan fingerprint density at radius 1 is 1.00 bits per heavy atom. The fourth-order valence-electron chi connectivity index (χ4n) is 6.02. The molecule has 0 bridgehead atoms. The number of carbonyl (C=O) groups excluding carboxylic acids is 2. The van der Waals surface area contributed by atoms with Crippen molar-refractivity contribution in [1.82, 2.24) is 26.2 Å². The van der Waals surface area contributed by atoms with Gasteiger partial charge < -0.3 is 10.2 Å². The SMILES string of the molecule is CC1CCCC(CNC(=O)C2CCN(C(=O)C3CCC4C(C3)NNN4C)CC2)C1. The van der Waals surface area contributed by atoms with Crippen molar-refractivity contribution in [3.8, 4) is 0 Å². The summed E-state index contributed by atoms with van der Waals surface area (Å²) in [5.41, 5.74) is 6.48. The second-order valence-electron chi connectivity index (χ2n) is 10.0. The standard InChI is InChI=1S/C22H39N5O2/c1-15-4-3-5-16(12-15)14-23-21(28)17-8-10-27(11-9-17)22(29)18-6-7-20-19(13-18)24-25-26(20)2/h15-20,24-25H,3-14H2,1-2H3,(H,23,28). The summed E-state index contributed by atoms with van der Waals surface area (Å²) in [7, 11) is 2.06. The third-order valence-corrected chi connectivity index (χ3v) is 7.87. The molecule has 5 atom stereocenters. The molecule has 3 N–H and O–H groups in total. The fraction of sp³-hybridized carbons (Fsp3) is 0.909. The summed E-state index contributed by atoms with van der Waals surface area (Å²) in [4.78, 5) is 27.7. The maximum absolute atomic E-state index is 13.0. The number of nitrogens with one attached hydrogen (secondary N) is 3. The quantitative estimate of drug-likeness (QED) is 0.663. The lowest BCUT2D eigenvalue weighted by Gasteiger charge is -2.37. The number of carbonyl (C=O) groups is 2. The smallest absolute Gasteiger partial charge is 0.225 e. The van der Waals surface area contributed by atoms with Crippen LogP contribution in [0.5, 0.6) is 0 Å². The zero-order valence-corrected chi connectivity index (χ0v) is 18.2. The van der Waals surface area contributed by atoms with E-state index in [1.165, 1.54) is 25.7 Å². The normalized spacial score (nSPS) is 36.6. The highest BCUT2D eigenvalue weighted by molar-refractivity contribution is 5.81. The Balaban J connectivity index is 1.19. The van der Waals surface area contributed by atoms with Gasteiger partial charge in [0, 0.05) is 50.6 Å². The summed E-state index contributed by atoms with van der Waals surface area (Å²) in [6.07, 6.45) is 9.66. The Bertz CT molecular complexity index is 592. The number of hydrazine groups is 2. The highest BCUT2D eigenvalue weighted by Crippen LogP contribution is 2.32. The molecule has 2 amide bonds. The minimum absolute atomic E-state index is 0.0742. The third-order valence-electron chi connectivity index (χ3n) is 7.87. The van der Waals surface area contributed by atoms with Gasteiger partial charge in [-0.25, -0.2) is 10.4 Å². The Kier molecular flexibility index (Phi) is 6.76. The molecule has 0 aromatic carbocycles. The summed E-state index contributed by atoms with van der Waals surface area (Å²) in [5.74, 6) is 2.15. The van der Waals surface area contributed by atoms with Crippen LogP contribution < -0.4 is 16.3 Å². The van der Waals surface area contributed by atoms with Crippen LogP contribution in [0, 0.1) is 23.7 Å². The van der Waals surface area contributed by atoms with Gasteiger partial charge in [0.25, 0.3) is 0 Å². The third kappa shape index (κ3) is 4.94. The molecule has 0 radical (unpaired) electrons. The van der Waals surface area contributed by atoms with Gasteiger partial charge in [-0.15, -0.1) is 0 Å². The molecule has 4 rings (SSSR count). The Morgan fingerprint density at radius 3 is 2.55 bits per heavy atom. The molecule has 7 nitrogen and oxygen atoms in total. The van der Waals surface area contributed by atoms with Gasteiger partial charge in [0.1, 0.15) is 0 Å². The zero-order valence-electron chi connectivity index (χ0n) is 18.2. The van der Waals surface area contributed by atoms with E-state index in [0.29, 0.717) is 23.9 Å². The van der Waals surface area contributed by atoms with Crippen molar-refractivity contribution in [3.63, 3.8) is 0 Å². The largest absolute Gasteiger partial charge is 0.356 e. The van der Waals surface area contributed by atoms with Crippen LogP contribution in [0.3, 0.4) is 0 Å². The Labute approximate surface area is 175 Å². The number of piperidine rings is 1. The minimum Gasteiger partial charge on any atom is -0.356 e. The van der Waals surface area contributed by atoms with Gasteiger partial charge >= 0.3 is 0 Å². The molecule has 0 aromatic rings. The summed E-state index contributed by atoms with van der Waals surface area (Å²) in [6, 6.07) is 0.842. The molecule has 4 fully saturated rings. The Morgan fingerprint density at radius 2 is 1.79 bits per heavy atom. The molecule has 164 valence electrons. The summed E-state index contributed by atoms with van der Waals surface area (Å²) in [5, 5.41) is 5.35. The highest BCUT2D eigenvalue weighted by Gasteiger charge is 2.41. The van der Waals surface area contributed by atoms with Crippen molar-refractivity contribution in [2.45, 2.75) is 76.8 Å². The number of likely N-dealkylation sites (tertiary alicyclic amines) is 1. The van der Waals surface area contributed by atoms with E-state index < -0.39 is 0 Å². The van der Waals surface area contributed by atoms with Gasteiger partial charge in [0.05, 0.1) is 0 Å². The highest BCUT2D eigenvalue weighted by atomic mass is 16.2. The van der Waals surface area contributed by atoms with E-state index in [1.807, 2.05) is 4.90 Å². The molecule has 0 spiro atoms. The van der Waals surface area contributed by atoms with E-state index in [4.69, 9.17) is 0 Å². The molecule has 0 aromatic heterocycles. The number of fused-ring (bicyclic) bond motifs is 1. The van der Waals surface area contributed by atoms with Crippen molar-refractivity contribution < 1.29 is 9.59 Å². The van der Waals surface area contributed by atoms with Crippen LogP contribution in [-0.4, -0.2) is 60.5 Å². The molecule has 4 aliphatic rings. The lowest BCUT2D eigenvalue weighted by atomic mass is 9.81. The topological polar surface area (TPSA) is 76.7 Å². The molecule has 2 heterocycles. The first-order valence-corrected chi connectivity index (χ1v) is 11.8. The van der Waals surface area contributed by atoms with E-state index in [-0.39, 0.29) is 17.7 Å². The van der Waals surface area contributed by atoms with Crippen molar-refractivity contribution in [3.05, 3.63) is 0 Å². The van der Waals surface area contributed by atoms with Gasteiger partial charge in [-0.05, 0) is 56.8 Å². The molecule has 7 heteroatoms. The van der Waals surface area contributed by atoms with Crippen molar-refractivity contribution >= 4 is 11.8 Å². The van der Waals surface area contributed by atoms with Gasteiger partial charge in [0.15, 0.2) is 0 Å². The zero-order chi connectivity index (χ0) is 20.4. The maximum Gasteiger partial charge on any atom is 0.225 e. The molecule has 2 aliphatic heterocycles. The van der Waals surface area contributed by atoms with E-state index in [1.54, 1.807) is 0 Å². The summed E-state index contributed by atoms with van der Waals surface area (Å²) >= 11 is 0. The number of hydrogen-bond acceptors (Lipinski definition) is 5. The number of amides is 2. The fourth-order valence-corrected chi connectivity index (χ4v) is 6.02. The van der Waals surface area contributed by atoms with Gasteiger partial charge in [-0.1, -0.05) is 19.8 Å². The van der Waals surface area contributed by atoms with Crippen molar-refractivity contribution in [2.75, 3.05) is 26.7 Å². The molecule has 2 aliphatic carbocycles. The van der Waals surface area contributed by atoms with Crippen LogP contribution in [0.4, 0.5) is 0 Å². The van der Waals surface area contributed by atoms with Crippen LogP contribution in [0.15, 0.2) is 0 Å². The van der Waals surface area contributed by atoms with Crippen LogP contribution >= 0.6 is 0 Å². The first kappa shape index (κ1) is 21.1. The molecule has 29 heavy (non-hydrogen) atoms. The van der Waals surface area contributed by atoms with Gasteiger partial charge in [-0.2, -0.15) is 5.53 Å². The van der Waals surface area contributed by atoms with Gasteiger partial charge in [0.2, 0.25) is 11.8 Å². The van der Waals surface area contributed by atoms with Crippen LogP contribution in [0.1, 0.15) is 64.7 Å². The first-order chi connectivity index (χ1) is 14.0. The van der Waals surface area contributed by atoms with Gasteiger partial charge in [-0.3, -0.25) is 9.59 Å². The van der Waals surface area contributed by atoms with Crippen LogP contribution in [0.25, 0.3) is 0 Å². The average Bonchev–Trinajstić information content (AvgIpc) is 3.12. The summed E-state index contributed by atoms with van der Waals surface area (Å²) < 4.78 is 0. The first-order valence-electron chi connectivity index (χ1n) is 11.8. The second kappa shape index (κ2) is 9.31. The molecule has 5 unspecified atom stereocenters. The predicted molar refractivity (Wildman–Crippen MR) is 112 cm³/mol. The van der Waals surface area contributed by atoms with Crippen LogP contribution in [0.2, 0.25) is 0 Å². The predicted octanol–water partition coefficient (Wildman–Crippen LogP) is 1.66. The molecular weight excluding hydrogens is 366 g/mol. The molecule has 2 saturated heterocycles. The van der Waals surface area contributed by atoms with E-state index in [2.05, 4.69) is 35.3 Å². The lowest BCUT2D eigenvalue weighted by molar-refractivity contribution is -0.140. The second-order valence-corrected chi connectivity index (χ2v) is 10.0. The monoisotopic (exact) mass is 405 g/mol. The van der Waals surface area contributed by atoms with Crippen molar-refractivity contribution in [1.29, 1.82) is 0 Å². The molecular formula is C22H39N5O2. The number of likely N-dealkylation sites (N-methyl/N-ethyl adjacent to an activating group) is 1. The van der Waals surface area contributed by atoms with Crippen molar-refractivity contribution in [2.24, 2.45) is 23.7 Å². The average molecular weight is 406 g/mol. The number of nitrogens with zero attached hydrogens (tertiary/aromatic N) is 2. The maximum atomic E-state index is 13.0. The lowest BCUT2D eigenvalue weighted by Crippen LogP contribution is -2.49. The van der Waals surface area contributed by atoms with E-state index in [0.717, 1.165) is 57.7 Å². The Hall–Kier alpha value is -1.18.